The van der Waals surface area contributed by atoms with Crippen molar-refractivity contribution in [2.24, 2.45) is 0 Å². The van der Waals surface area contributed by atoms with E-state index in [0.29, 0.717) is 6.04 Å². The highest BCUT2D eigenvalue weighted by Gasteiger charge is 2.09. The van der Waals surface area contributed by atoms with Crippen molar-refractivity contribution in [1.29, 1.82) is 0 Å². The van der Waals surface area contributed by atoms with Crippen LogP contribution in [0.5, 0.6) is 0 Å². The van der Waals surface area contributed by atoms with Gasteiger partial charge in [-0.05, 0) is 39.0 Å². The van der Waals surface area contributed by atoms with Crippen molar-refractivity contribution in [3.05, 3.63) is 54.1 Å². The first-order chi connectivity index (χ1) is 10.1. The summed E-state index contributed by atoms with van der Waals surface area (Å²) < 4.78 is 0. The lowest BCUT2D eigenvalue weighted by atomic mass is 10.1. The number of aryl methyl sites for hydroxylation is 1. The zero-order valence-electron chi connectivity index (χ0n) is 12.6. The molecule has 0 aliphatic carbocycles. The normalized spacial score (nSPS) is 11.0. The van der Waals surface area contributed by atoms with Crippen LogP contribution >= 0.6 is 0 Å². The fourth-order valence-corrected chi connectivity index (χ4v) is 2.37. The van der Waals surface area contributed by atoms with E-state index in [9.17, 15) is 0 Å². The van der Waals surface area contributed by atoms with Crippen LogP contribution in [0.4, 0.5) is 5.82 Å². The van der Waals surface area contributed by atoms with Gasteiger partial charge in [0.2, 0.25) is 0 Å². The van der Waals surface area contributed by atoms with Gasteiger partial charge in [0.25, 0.3) is 0 Å². The summed E-state index contributed by atoms with van der Waals surface area (Å²) in [6.07, 6.45) is 0. The zero-order valence-corrected chi connectivity index (χ0v) is 12.6. The summed E-state index contributed by atoms with van der Waals surface area (Å²) in [6, 6.07) is 16.7. The summed E-state index contributed by atoms with van der Waals surface area (Å²) in [4.78, 5) is 9.43. The van der Waals surface area contributed by atoms with Gasteiger partial charge in [-0.15, -0.1) is 0 Å². The Morgan fingerprint density at radius 1 is 0.952 bits per heavy atom. The highest BCUT2D eigenvalue weighted by molar-refractivity contribution is 5.90. The molecule has 3 rings (SSSR count). The quantitative estimate of drug-likeness (QED) is 0.769. The van der Waals surface area contributed by atoms with Crippen LogP contribution in [0.3, 0.4) is 0 Å². The molecule has 106 valence electrons. The Labute approximate surface area is 125 Å². The highest BCUT2D eigenvalue weighted by Crippen LogP contribution is 2.25. The Hall–Kier alpha value is -2.42. The number of hydrogen-bond donors (Lipinski definition) is 1. The van der Waals surface area contributed by atoms with Gasteiger partial charge in [-0.3, -0.25) is 0 Å². The molecule has 0 atom stereocenters. The number of nitrogens with zero attached hydrogens (tertiary/aromatic N) is 2. The molecule has 3 aromatic rings. The molecule has 0 spiro atoms. The zero-order chi connectivity index (χ0) is 14.8. The summed E-state index contributed by atoms with van der Waals surface area (Å²) in [5.74, 6) is 1.66. The second-order valence-corrected chi connectivity index (χ2v) is 5.58. The van der Waals surface area contributed by atoms with E-state index < -0.39 is 0 Å². The lowest BCUT2D eigenvalue weighted by molar-refractivity contribution is 0.891. The number of anilines is 1. The molecule has 0 bridgehead atoms. The maximum absolute atomic E-state index is 4.73. The van der Waals surface area contributed by atoms with Gasteiger partial charge >= 0.3 is 0 Å². The summed E-state index contributed by atoms with van der Waals surface area (Å²) in [7, 11) is 0. The van der Waals surface area contributed by atoms with Gasteiger partial charge in [0.05, 0.1) is 5.52 Å². The molecule has 2 aromatic carbocycles. The molecule has 21 heavy (non-hydrogen) atoms. The predicted molar refractivity (Wildman–Crippen MR) is 88.5 cm³/mol. The van der Waals surface area contributed by atoms with Crippen molar-refractivity contribution in [3.8, 4) is 11.4 Å². The van der Waals surface area contributed by atoms with Gasteiger partial charge in [-0.1, -0.05) is 35.9 Å². The molecule has 0 unspecified atom stereocenters. The van der Waals surface area contributed by atoms with Crippen molar-refractivity contribution in [1.82, 2.24) is 9.97 Å². The van der Waals surface area contributed by atoms with Gasteiger partial charge in [0.1, 0.15) is 5.82 Å². The fraction of sp³-hybridized carbons (Fsp3) is 0.222. The van der Waals surface area contributed by atoms with Crippen LogP contribution in [0.2, 0.25) is 0 Å². The molecular weight excluding hydrogens is 258 g/mol. The van der Waals surface area contributed by atoms with Crippen molar-refractivity contribution >= 4 is 16.7 Å². The smallest absolute Gasteiger partial charge is 0.162 e. The summed E-state index contributed by atoms with van der Waals surface area (Å²) in [6.45, 7) is 6.31. The maximum atomic E-state index is 4.73. The topological polar surface area (TPSA) is 37.8 Å². The van der Waals surface area contributed by atoms with Gasteiger partial charge in [-0.25, -0.2) is 9.97 Å². The minimum Gasteiger partial charge on any atom is -0.367 e. The first-order valence-corrected chi connectivity index (χ1v) is 7.24. The van der Waals surface area contributed by atoms with Gasteiger partial charge in [0.15, 0.2) is 5.82 Å². The molecule has 1 N–H and O–H groups in total. The SMILES string of the molecule is Cc1cccc(-c2nc(NC(C)C)c3ccccc3n2)c1. The first-order valence-electron chi connectivity index (χ1n) is 7.24. The van der Waals surface area contributed by atoms with Gasteiger partial charge in [-0.2, -0.15) is 0 Å². The van der Waals surface area contributed by atoms with Crippen molar-refractivity contribution in [2.45, 2.75) is 26.8 Å². The standard InChI is InChI=1S/C18H19N3/c1-12(2)19-18-15-9-4-5-10-16(15)20-17(21-18)14-8-6-7-13(3)11-14/h4-12H,1-3H3,(H,19,20,21). The predicted octanol–water partition coefficient (Wildman–Crippen LogP) is 4.43. The van der Waals surface area contributed by atoms with E-state index in [1.165, 1.54) is 5.56 Å². The van der Waals surface area contributed by atoms with E-state index in [-0.39, 0.29) is 0 Å². The molecule has 3 heteroatoms. The third kappa shape index (κ3) is 2.87. The van der Waals surface area contributed by atoms with Crippen LogP contribution < -0.4 is 5.32 Å². The Balaban J connectivity index is 2.20. The van der Waals surface area contributed by atoms with Crippen LogP contribution in [-0.4, -0.2) is 16.0 Å². The highest BCUT2D eigenvalue weighted by atomic mass is 15.0. The second-order valence-electron chi connectivity index (χ2n) is 5.58. The van der Waals surface area contributed by atoms with Crippen molar-refractivity contribution in [3.63, 3.8) is 0 Å². The number of benzene rings is 2. The number of aromatic nitrogens is 2. The number of hydrogen-bond acceptors (Lipinski definition) is 3. The Morgan fingerprint density at radius 3 is 2.52 bits per heavy atom. The molecule has 1 heterocycles. The van der Waals surface area contributed by atoms with Crippen LogP contribution in [0.1, 0.15) is 19.4 Å². The van der Waals surface area contributed by atoms with E-state index in [1.54, 1.807) is 0 Å². The van der Waals surface area contributed by atoms with Crippen LogP contribution in [0, 0.1) is 6.92 Å². The van der Waals surface area contributed by atoms with Crippen molar-refractivity contribution in [2.75, 3.05) is 5.32 Å². The molecule has 3 nitrogen and oxygen atoms in total. The molecule has 0 saturated carbocycles. The van der Waals surface area contributed by atoms with E-state index in [0.717, 1.165) is 28.1 Å². The Bertz CT molecular complexity index is 778. The average molecular weight is 277 g/mol. The van der Waals surface area contributed by atoms with Crippen molar-refractivity contribution < 1.29 is 0 Å². The number of fused-ring (bicyclic) bond motifs is 1. The molecule has 0 fully saturated rings. The molecule has 0 aliphatic rings. The van der Waals surface area contributed by atoms with Gasteiger partial charge in [0, 0.05) is 17.0 Å². The molecule has 0 amide bonds. The summed E-state index contributed by atoms with van der Waals surface area (Å²) >= 11 is 0. The molecule has 0 saturated heterocycles. The molecule has 0 aliphatic heterocycles. The first kappa shape index (κ1) is 13.6. The summed E-state index contributed by atoms with van der Waals surface area (Å²) in [5, 5.41) is 4.48. The maximum Gasteiger partial charge on any atom is 0.162 e. The largest absolute Gasteiger partial charge is 0.367 e. The van der Waals surface area contributed by atoms with Gasteiger partial charge < -0.3 is 5.32 Å². The molecule has 0 radical (unpaired) electrons. The Kier molecular flexibility index (Phi) is 3.57. The fourth-order valence-electron chi connectivity index (χ4n) is 2.37. The van der Waals surface area contributed by atoms with Crippen LogP contribution in [-0.2, 0) is 0 Å². The van der Waals surface area contributed by atoms with E-state index in [1.807, 2.05) is 24.3 Å². The van der Waals surface area contributed by atoms with Crippen LogP contribution in [0.25, 0.3) is 22.3 Å². The van der Waals surface area contributed by atoms with E-state index in [4.69, 9.17) is 9.97 Å². The monoisotopic (exact) mass is 277 g/mol. The van der Waals surface area contributed by atoms with E-state index in [2.05, 4.69) is 50.4 Å². The minimum absolute atomic E-state index is 0.327. The Morgan fingerprint density at radius 2 is 1.76 bits per heavy atom. The number of para-hydroxylation sites is 1. The number of rotatable bonds is 3. The third-order valence-electron chi connectivity index (χ3n) is 3.30. The average Bonchev–Trinajstić information content (AvgIpc) is 2.46. The second kappa shape index (κ2) is 5.52. The lowest BCUT2D eigenvalue weighted by Gasteiger charge is -2.13. The lowest BCUT2D eigenvalue weighted by Crippen LogP contribution is -2.12. The number of nitrogens with one attached hydrogen (secondary N) is 1. The minimum atomic E-state index is 0.327. The third-order valence-corrected chi connectivity index (χ3v) is 3.30. The molecule has 1 aromatic heterocycles. The molecular formula is C18H19N3. The summed E-state index contributed by atoms with van der Waals surface area (Å²) in [5.41, 5.74) is 3.22. The van der Waals surface area contributed by atoms with Crippen LogP contribution in [0.15, 0.2) is 48.5 Å². The van der Waals surface area contributed by atoms with E-state index >= 15 is 0 Å².